The maximum atomic E-state index is 8.80. The van der Waals surface area contributed by atoms with Gasteiger partial charge in [-0.1, -0.05) is 30.3 Å². The highest BCUT2D eigenvalue weighted by molar-refractivity contribution is 5.20. The molecule has 0 amide bonds. The lowest BCUT2D eigenvalue weighted by Gasteiger charge is -2.24. The van der Waals surface area contributed by atoms with E-state index in [9.17, 15) is 0 Å². The first-order chi connectivity index (χ1) is 6.90. The van der Waals surface area contributed by atoms with Crippen LogP contribution in [0.1, 0.15) is 37.2 Å². The molecular formula is C13H15N. The molecule has 0 N–H and O–H groups in total. The molecule has 0 spiro atoms. The van der Waals surface area contributed by atoms with Gasteiger partial charge in [0.25, 0.3) is 0 Å². The van der Waals surface area contributed by atoms with E-state index in [1.54, 1.807) is 0 Å². The van der Waals surface area contributed by atoms with Crippen LogP contribution in [0.2, 0.25) is 0 Å². The second kappa shape index (κ2) is 4.28. The standard InChI is InChI=1S/C13H15N/c14-10-11-6-8-13(9-7-11)12-4-2-1-3-5-12/h1-5,11,13H,6-9H2. The number of nitriles is 1. The molecule has 0 aromatic heterocycles. The lowest BCUT2D eigenvalue weighted by molar-refractivity contribution is 0.382. The van der Waals surface area contributed by atoms with Gasteiger partial charge in [0.1, 0.15) is 0 Å². The molecule has 1 heteroatoms. The van der Waals surface area contributed by atoms with Crippen molar-refractivity contribution >= 4 is 0 Å². The molecular weight excluding hydrogens is 170 g/mol. The highest BCUT2D eigenvalue weighted by Crippen LogP contribution is 2.35. The van der Waals surface area contributed by atoms with Gasteiger partial charge in [0.2, 0.25) is 0 Å². The summed E-state index contributed by atoms with van der Waals surface area (Å²) in [6.45, 7) is 0. The summed E-state index contributed by atoms with van der Waals surface area (Å²) in [7, 11) is 0. The Morgan fingerprint density at radius 1 is 1.00 bits per heavy atom. The summed E-state index contributed by atoms with van der Waals surface area (Å²) in [6, 6.07) is 13.1. The molecule has 0 unspecified atom stereocenters. The van der Waals surface area contributed by atoms with Gasteiger partial charge in [0.05, 0.1) is 6.07 Å². The third-order valence-electron chi connectivity index (χ3n) is 3.18. The van der Waals surface area contributed by atoms with Crippen molar-refractivity contribution in [2.75, 3.05) is 0 Å². The summed E-state index contributed by atoms with van der Waals surface area (Å²) >= 11 is 0. The van der Waals surface area contributed by atoms with Gasteiger partial charge >= 0.3 is 0 Å². The second-order valence-corrected chi connectivity index (χ2v) is 4.09. The zero-order valence-electron chi connectivity index (χ0n) is 8.32. The average molecular weight is 185 g/mol. The third kappa shape index (κ3) is 1.96. The van der Waals surface area contributed by atoms with Crippen LogP contribution >= 0.6 is 0 Å². The molecule has 0 bridgehead atoms. The molecule has 1 fully saturated rings. The molecule has 1 aliphatic rings. The molecule has 0 heterocycles. The average Bonchev–Trinajstić information content (AvgIpc) is 2.30. The van der Waals surface area contributed by atoms with Crippen LogP contribution < -0.4 is 0 Å². The predicted molar refractivity (Wildman–Crippen MR) is 56.8 cm³/mol. The first kappa shape index (κ1) is 9.27. The number of hydrogen-bond donors (Lipinski definition) is 0. The Labute approximate surface area is 85.4 Å². The summed E-state index contributed by atoms with van der Waals surface area (Å²) < 4.78 is 0. The summed E-state index contributed by atoms with van der Waals surface area (Å²) in [4.78, 5) is 0. The van der Waals surface area contributed by atoms with Crippen molar-refractivity contribution in [2.24, 2.45) is 5.92 Å². The maximum Gasteiger partial charge on any atom is 0.0655 e. The first-order valence-electron chi connectivity index (χ1n) is 5.34. The maximum absolute atomic E-state index is 8.80. The Bertz CT molecular complexity index is 315. The molecule has 14 heavy (non-hydrogen) atoms. The topological polar surface area (TPSA) is 23.8 Å². The fourth-order valence-corrected chi connectivity index (χ4v) is 2.28. The van der Waals surface area contributed by atoms with Crippen LogP contribution in [0.4, 0.5) is 0 Å². The van der Waals surface area contributed by atoms with Crippen LogP contribution in [0.3, 0.4) is 0 Å². The van der Waals surface area contributed by atoms with Crippen LogP contribution in [0.5, 0.6) is 0 Å². The van der Waals surface area contributed by atoms with E-state index in [2.05, 4.69) is 36.4 Å². The second-order valence-electron chi connectivity index (χ2n) is 4.09. The van der Waals surface area contributed by atoms with Crippen molar-refractivity contribution in [3.8, 4) is 6.07 Å². The predicted octanol–water partition coefficient (Wildman–Crippen LogP) is 3.48. The Hall–Kier alpha value is -1.29. The molecule has 0 atom stereocenters. The number of benzene rings is 1. The molecule has 1 nitrogen and oxygen atoms in total. The van der Waals surface area contributed by atoms with Crippen LogP contribution in [0, 0.1) is 17.2 Å². The van der Waals surface area contributed by atoms with Crippen molar-refractivity contribution in [1.82, 2.24) is 0 Å². The van der Waals surface area contributed by atoms with E-state index in [1.807, 2.05) is 0 Å². The smallest absolute Gasteiger partial charge is 0.0655 e. The minimum atomic E-state index is 0.315. The summed E-state index contributed by atoms with van der Waals surface area (Å²) in [5.41, 5.74) is 1.45. The van der Waals surface area contributed by atoms with E-state index >= 15 is 0 Å². The Morgan fingerprint density at radius 2 is 1.64 bits per heavy atom. The van der Waals surface area contributed by atoms with Gasteiger partial charge < -0.3 is 0 Å². The number of hydrogen-bond acceptors (Lipinski definition) is 1. The molecule has 2 rings (SSSR count). The van der Waals surface area contributed by atoms with Gasteiger partial charge in [0, 0.05) is 5.92 Å². The van der Waals surface area contributed by atoms with Gasteiger partial charge in [-0.05, 0) is 37.2 Å². The van der Waals surface area contributed by atoms with Crippen LogP contribution in [0.25, 0.3) is 0 Å². The lowest BCUT2D eigenvalue weighted by atomic mass is 9.79. The van der Waals surface area contributed by atoms with Gasteiger partial charge in [-0.15, -0.1) is 0 Å². The highest BCUT2D eigenvalue weighted by atomic mass is 14.3. The van der Waals surface area contributed by atoms with Crippen LogP contribution in [-0.2, 0) is 0 Å². The number of rotatable bonds is 1. The first-order valence-corrected chi connectivity index (χ1v) is 5.34. The van der Waals surface area contributed by atoms with Crippen molar-refractivity contribution in [3.63, 3.8) is 0 Å². The normalized spacial score (nSPS) is 26.8. The van der Waals surface area contributed by atoms with Gasteiger partial charge in [-0.25, -0.2) is 0 Å². The van der Waals surface area contributed by atoms with Gasteiger partial charge in [-0.3, -0.25) is 0 Å². The molecule has 0 saturated heterocycles. The minimum absolute atomic E-state index is 0.315. The zero-order chi connectivity index (χ0) is 9.80. The molecule has 1 aromatic carbocycles. The summed E-state index contributed by atoms with van der Waals surface area (Å²) in [5.74, 6) is 1.01. The molecule has 0 aliphatic heterocycles. The zero-order valence-corrected chi connectivity index (χ0v) is 8.32. The van der Waals surface area contributed by atoms with E-state index in [0.29, 0.717) is 11.8 Å². The van der Waals surface area contributed by atoms with E-state index in [1.165, 1.54) is 18.4 Å². The SMILES string of the molecule is N#CC1CCC(c2ccccc2)CC1. The quantitative estimate of drug-likeness (QED) is 0.657. The van der Waals surface area contributed by atoms with E-state index in [-0.39, 0.29) is 0 Å². The molecule has 72 valence electrons. The van der Waals surface area contributed by atoms with Crippen molar-refractivity contribution in [1.29, 1.82) is 5.26 Å². The fraction of sp³-hybridized carbons (Fsp3) is 0.462. The largest absolute Gasteiger partial charge is 0.198 e. The summed E-state index contributed by atoms with van der Waals surface area (Å²) in [5, 5.41) is 8.80. The van der Waals surface area contributed by atoms with Crippen molar-refractivity contribution in [2.45, 2.75) is 31.6 Å². The number of nitrogens with zero attached hydrogens (tertiary/aromatic N) is 1. The van der Waals surface area contributed by atoms with Crippen LogP contribution in [-0.4, -0.2) is 0 Å². The van der Waals surface area contributed by atoms with E-state index in [4.69, 9.17) is 5.26 Å². The van der Waals surface area contributed by atoms with E-state index in [0.717, 1.165) is 12.8 Å². The minimum Gasteiger partial charge on any atom is -0.198 e. The lowest BCUT2D eigenvalue weighted by Crippen LogP contribution is -2.11. The molecule has 0 radical (unpaired) electrons. The van der Waals surface area contributed by atoms with Crippen molar-refractivity contribution in [3.05, 3.63) is 35.9 Å². The molecule has 1 aliphatic carbocycles. The third-order valence-corrected chi connectivity index (χ3v) is 3.18. The fourth-order valence-electron chi connectivity index (χ4n) is 2.28. The monoisotopic (exact) mass is 185 g/mol. The van der Waals surface area contributed by atoms with Crippen LogP contribution in [0.15, 0.2) is 30.3 Å². The Morgan fingerprint density at radius 3 is 2.21 bits per heavy atom. The van der Waals surface area contributed by atoms with Crippen molar-refractivity contribution < 1.29 is 0 Å². The van der Waals surface area contributed by atoms with E-state index < -0.39 is 0 Å². The Balaban J connectivity index is 2.00. The highest BCUT2D eigenvalue weighted by Gasteiger charge is 2.21. The summed E-state index contributed by atoms with van der Waals surface area (Å²) in [6.07, 6.45) is 4.52. The van der Waals surface area contributed by atoms with Gasteiger partial charge in [-0.2, -0.15) is 5.26 Å². The molecule has 1 saturated carbocycles. The van der Waals surface area contributed by atoms with Gasteiger partial charge in [0.15, 0.2) is 0 Å². The molecule has 1 aromatic rings. The Kier molecular flexibility index (Phi) is 2.84.